The number of aromatic nitrogens is 3. The van der Waals surface area contributed by atoms with Crippen LogP contribution in [0, 0.1) is 28.4 Å². The first-order valence-electron chi connectivity index (χ1n) is 6.95. The van der Waals surface area contributed by atoms with Crippen LogP contribution in [0.5, 0.6) is 0 Å². The second-order valence-electron chi connectivity index (χ2n) is 6.05. The molecule has 4 rings (SSSR count). The minimum Gasteiger partial charge on any atom is -0.383 e. The van der Waals surface area contributed by atoms with Crippen molar-refractivity contribution >= 4 is 12.2 Å². The van der Waals surface area contributed by atoms with Crippen molar-refractivity contribution in [3.63, 3.8) is 0 Å². The maximum Gasteiger partial charge on any atom is 0.195 e. The van der Waals surface area contributed by atoms with Gasteiger partial charge in [0.1, 0.15) is 5.82 Å². The van der Waals surface area contributed by atoms with Gasteiger partial charge in [-0.3, -0.25) is 5.10 Å². The molecule has 3 saturated carbocycles. The molecule has 1 heterocycles. The molecule has 0 saturated heterocycles. The summed E-state index contributed by atoms with van der Waals surface area (Å²) in [6.07, 6.45) is 4.38. The molecule has 18 heavy (non-hydrogen) atoms. The summed E-state index contributed by atoms with van der Waals surface area (Å²) in [6.45, 7) is 1.53. The third-order valence-corrected chi connectivity index (χ3v) is 5.65. The van der Waals surface area contributed by atoms with Gasteiger partial charge >= 0.3 is 0 Å². The number of hydrogen-bond donors (Lipinski definition) is 1. The minimum atomic E-state index is 0.682. The van der Waals surface area contributed by atoms with Gasteiger partial charge in [0.15, 0.2) is 4.77 Å². The van der Waals surface area contributed by atoms with Gasteiger partial charge in [-0.15, -0.1) is 0 Å². The lowest BCUT2D eigenvalue weighted by Crippen LogP contribution is -2.10. The van der Waals surface area contributed by atoms with Crippen LogP contribution in [0.1, 0.15) is 31.0 Å². The second-order valence-corrected chi connectivity index (χ2v) is 6.43. The van der Waals surface area contributed by atoms with Gasteiger partial charge in [-0.1, -0.05) is 0 Å². The third kappa shape index (κ3) is 1.40. The fourth-order valence-electron chi connectivity index (χ4n) is 4.65. The first-order valence-corrected chi connectivity index (χ1v) is 7.36. The van der Waals surface area contributed by atoms with Crippen molar-refractivity contribution in [1.82, 2.24) is 14.8 Å². The Labute approximate surface area is 112 Å². The predicted molar refractivity (Wildman–Crippen MR) is 69.8 cm³/mol. The molecule has 5 heteroatoms. The lowest BCUT2D eigenvalue weighted by atomic mass is 10.0. The van der Waals surface area contributed by atoms with Crippen LogP contribution >= 0.6 is 12.2 Å². The molecule has 4 nitrogen and oxygen atoms in total. The summed E-state index contributed by atoms with van der Waals surface area (Å²) < 4.78 is 8.07. The SMILES string of the molecule is COCCn1c(C2C3C4CCC(C4)C23)n[nH]c1=S. The smallest absolute Gasteiger partial charge is 0.195 e. The van der Waals surface area contributed by atoms with E-state index in [1.807, 2.05) is 0 Å². The average Bonchev–Trinajstić information content (AvgIpc) is 2.73. The van der Waals surface area contributed by atoms with E-state index in [4.69, 9.17) is 17.0 Å². The average molecular weight is 265 g/mol. The zero-order valence-electron chi connectivity index (χ0n) is 10.6. The van der Waals surface area contributed by atoms with Gasteiger partial charge in [0.05, 0.1) is 6.61 Å². The lowest BCUT2D eigenvalue weighted by molar-refractivity contribution is 0.185. The Bertz CT molecular complexity index is 507. The van der Waals surface area contributed by atoms with Crippen molar-refractivity contribution < 1.29 is 4.74 Å². The Hall–Kier alpha value is -0.680. The van der Waals surface area contributed by atoms with Crippen molar-refractivity contribution in [2.75, 3.05) is 13.7 Å². The second kappa shape index (κ2) is 3.90. The van der Waals surface area contributed by atoms with Crippen molar-refractivity contribution in [3.8, 4) is 0 Å². The van der Waals surface area contributed by atoms with Gasteiger partial charge in [-0.05, 0) is 55.2 Å². The molecule has 1 aromatic rings. The fourth-order valence-corrected chi connectivity index (χ4v) is 4.88. The van der Waals surface area contributed by atoms with Crippen LogP contribution in [0.15, 0.2) is 0 Å². The van der Waals surface area contributed by atoms with E-state index in [0.29, 0.717) is 12.5 Å². The zero-order chi connectivity index (χ0) is 12.3. The number of ether oxygens (including phenoxy) is 1. The molecule has 0 radical (unpaired) electrons. The molecule has 2 bridgehead atoms. The summed E-state index contributed by atoms with van der Waals surface area (Å²) in [7, 11) is 1.73. The number of nitrogens with one attached hydrogen (secondary N) is 1. The topological polar surface area (TPSA) is 42.8 Å². The molecule has 1 N–H and O–H groups in total. The number of H-pyrrole nitrogens is 1. The van der Waals surface area contributed by atoms with E-state index in [0.717, 1.165) is 35.0 Å². The number of methoxy groups -OCH3 is 1. The van der Waals surface area contributed by atoms with Gasteiger partial charge in [-0.25, -0.2) is 0 Å². The summed E-state index contributed by atoms with van der Waals surface area (Å²) in [6, 6.07) is 0. The van der Waals surface area contributed by atoms with Crippen LogP contribution in [0.25, 0.3) is 0 Å². The summed E-state index contributed by atoms with van der Waals surface area (Å²) in [5.41, 5.74) is 0. The summed E-state index contributed by atoms with van der Waals surface area (Å²) in [4.78, 5) is 0. The molecule has 1 aromatic heterocycles. The minimum absolute atomic E-state index is 0.682. The Kier molecular flexibility index (Phi) is 2.42. The third-order valence-electron chi connectivity index (χ3n) is 5.34. The molecule has 0 aliphatic heterocycles. The first-order chi connectivity index (χ1) is 8.81. The lowest BCUT2D eigenvalue weighted by Gasteiger charge is -2.10. The highest BCUT2D eigenvalue weighted by atomic mass is 32.1. The van der Waals surface area contributed by atoms with Crippen LogP contribution < -0.4 is 0 Å². The summed E-state index contributed by atoms with van der Waals surface area (Å²) in [5.74, 6) is 5.66. The van der Waals surface area contributed by atoms with Gasteiger partial charge in [0, 0.05) is 19.6 Å². The van der Waals surface area contributed by atoms with Crippen molar-refractivity contribution in [3.05, 3.63) is 10.6 Å². The van der Waals surface area contributed by atoms with Crippen molar-refractivity contribution in [2.24, 2.45) is 23.7 Å². The molecule has 0 amide bonds. The summed E-state index contributed by atoms with van der Waals surface area (Å²) >= 11 is 5.33. The standard InChI is InChI=1S/C13H19N3OS/c1-17-5-4-16-12(14-15-13(16)18)11-9-7-2-3-8(6-7)10(9)11/h7-11H,2-6H2,1H3,(H,15,18). The molecule has 3 aliphatic rings. The largest absolute Gasteiger partial charge is 0.383 e. The van der Waals surface area contributed by atoms with E-state index < -0.39 is 0 Å². The predicted octanol–water partition coefficient (Wildman–Crippen LogP) is 2.35. The summed E-state index contributed by atoms with van der Waals surface area (Å²) in [5, 5.41) is 7.47. The van der Waals surface area contributed by atoms with Gasteiger partial charge in [0.2, 0.25) is 0 Å². The number of fused-ring (bicyclic) bond motifs is 5. The fraction of sp³-hybridized carbons (Fsp3) is 0.846. The van der Waals surface area contributed by atoms with Gasteiger partial charge in [0.25, 0.3) is 0 Å². The van der Waals surface area contributed by atoms with E-state index in [2.05, 4.69) is 14.8 Å². The molecule has 98 valence electrons. The molecule has 3 fully saturated rings. The number of nitrogens with zero attached hydrogens (tertiary/aromatic N) is 2. The normalized spacial score (nSPS) is 40.2. The van der Waals surface area contributed by atoms with Crippen LogP contribution in [-0.2, 0) is 11.3 Å². The van der Waals surface area contributed by atoms with E-state index in [1.165, 1.54) is 25.1 Å². The first kappa shape index (κ1) is 11.2. The van der Waals surface area contributed by atoms with Crippen molar-refractivity contribution in [1.29, 1.82) is 0 Å². The maximum atomic E-state index is 5.33. The van der Waals surface area contributed by atoms with Gasteiger partial charge in [-0.2, -0.15) is 5.10 Å². The molecule has 4 atom stereocenters. The van der Waals surface area contributed by atoms with Crippen molar-refractivity contribution in [2.45, 2.75) is 31.7 Å². The van der Waals surface area contributed by atoms with Crippen LogP contribution in [0.2, 0.25) is 0 Å². The zero-order valence-corrected chi connectivity index (χ0v) is 11.4. The molecule has 0 spiro atoms. The Morgan fingerprint density at radius 3 is 2.78 bits per heavy atom. The van der Waals surface area contributed by atoms with E-state index in [9.17, 15) is 0 Å². The highest BCUT2D eigenvalue weighted by Crippen LogP contribution is 2.72. The quantitative estimate of drug-likeness (QED) is 0.850. The monoisotopic (exact) mass is 265 g/mol. The van der Waals surface area contributed by atoms with E-state index >= 15 is 0 Å². The van der Waals surface area contributed by atoms with Crippen LogP contribution in [0.4, 0.5) is 0 Å². The van der Waals surface area contributed by atoms with Crippen LogP contribution in [-0.4, -0.2) is 28.5 Å². The number of aromatic amines is 1. The molecule has 4 unspecified atom stereocenters. The molecular weight excluding hydrogens is 246 g/mol. The molecule has 3 aliphatic carbocycles. The Morgan fingerprint density at radius 2 is 2.11 bits per heavy atom. The van der Waals surface area contributed by atoms with Crippen LogP contribution in [0.3, 0.4) is 0 Å². The number of rotatable bonds is 4. The van der Waals surface area contributed by atoms with E-state index in [1.54, 1.807) is 7.11 Å². The number of hydrogen-bond acceptors (Lipinski definition) is 3. The van der Waals surface area contributed by atoms with Gasteiger partial charge < -0.3 is 9.30 Å². The Morgan fingerprint density at radius 1 is 1.39 bits per heavy atom. The molecule has 0 aromatic carbocycles. The maximum absolute atomic E-state index is 5.33. The molecular formula is C13H19N3OS. The highest BCUT2D eigenvalue weighted by molar-refractivity contribution is 7.71. The highest BCUT2D eigenvalue weighted by Gasteiger charge is 2.66. The Balaban J connectivity index is 1.61. The van der Waals surface area contributed by atoms with E-state index in [-0.39, 0.29) is 0 Å².